The maximum absolute atomic E-state index is 11.3. The number of imide groups is 1. The molecule has 3 N–H and O–H groups in total. The maximum atomic E-state index is 11.3. The molecule has 0 unspecified atom stereocenters. The number of hydrogen-bond acceptors (Lipinski definition) is 2. The average Bonchev–Trinajstić information content (AvgIpc) is 2.71. The SMILES string of the molecule is CCC(Br)(CC)C(=O)NC(N)=O.c1cc2ccc3cccc4ccc(c1)c2c34. The van der Waals surface area contributed by atoms with Gasteiger partial charge < -0.3 is 5.73 Å². The number of halogens is 1. The zero-order valence-corrected chi connectivity index (χ0v) is 17.5. The van der Waals surface area contributed by atoms with Crippen molar-refractivity contribution in [3.63, 3.8) is 0 Å². The maximum Gasteiger partial charge on any atom is 0.318 e. The van der Waals surface area contributed by atoms with Crippen molar-refractivity contribution in [2.24, 2.45) is 5.73 Å². The highest BCUT2D eigenvalue weighted by atomic mass is 79.9. The van der Waals surface area contributed by atoms with Gasteiger partial charge in [0.2, 0.25) is 5.91 Å². The van der Waals surface area contributed by atoms with Gasteiger partial charge in [-0.05, 0) is 45.2 Å². The number of rotatable bonds is 3. The molecule has 5 heteroatoms. The first-order valence-electron chi connectivity index (χ1n) is 9.32. The van der Waals surface area contributed by atoms with Gasteiger partial charge in [-0.3, -0.25) is 10.1 Å². The van der Waals surface area contributed by atoms with E-state index in [0.29, 0.717) is 12.8 Å². The number of alkyl halides is 1. The van der Waals surface area contributed by atoms with E-state index in [1.54, 1.807) is 0 Å². The molecule has 0 fully saturated rings. The van der Waals surface area contributed by atoms with Gasteiger partial charge in [-0.2, -0.15) is 0 Å². The van der Waals surface area contributed by atoms with Crippen LogP contribution in [-0.4, -0.2) is 16.3 Å². The van der Waals surface area contributed by atoms with Crippen molar-refractivity contribution in [2.75, 3.05) is 0 Å². The van der Waals surface area contributed by atoms with Crippen molar-refractivity contribution >= 4 is 60.2 Å². The number of nitrogens with one attached hydrogen (secondary N) is 1. The molecule has 28 heavy (non-hydrogen) atoms. The van der Waals surface area contributed by atoms with Gasteiger partial charge in [0.25, 0.3) is 0 Å². The summed E-state index contributed by atoms with van der Waals surface area (Å²) in [5.74, 6) is -0.375. The molecule has 3 amide bonds. The topological polar surface area (TPSA) is 72.2 Å². The highest BCUT2D eigenvalue weighted by molar-refractivity contribution is 9.10. The van der Waals surface area contributed by atoms with Crippen LogP contribution in [0.15, 0.2) is 60.7 Å². The number of primary amides is 1. The van der Waals surface area contributed by atoms with Crippen LogP contribution < -0.4 is 11.1 Å². The van der Waals surface area contributed by atoms with E-state index in [0.717, 1.165) is 0 Å². The van der Waals surface area contributed by atoms with Gasteiger partial charge in [0.05, 0.1) is 0 Å². The van der Waals surface area contributed by atoms with Gasteiger partial charge in [-0.15, -0.1) is 0 Å². The Balaban J connectivity index is 0.000000170. The molecule has 4 rings (SSSR count). The van der Waals surface area contributed by atoms with Crippen LogP contribution in [-0.2, 0) is 4.79 Å². The zero-order chi connectivity index (χ0) is 20.3. The third-order valence-electron chi connectivity index (χ3n) is 5.16. The molecule has 4 nitrogen and oxygen atoms in total. The van der Waals surface area contributed by atoms with Crippen molar-refractivity contribution < 1.29 is 9.59 Å². The fraction of sp³-hybridized carbons (Fsp3) is 0.217. The first-order chi connectivity index (χ1) is 13.4. The second-order valence-electron chi connectivity index (χ2n) is 6.78. The van der Waals surface area contributed by atoms with E-state index in [1.165, 1.54) is 32.3 Å². The molecule has 0 bridgehead atoms. The van der Waals surface area contributed by atoms with E-state index >= 15 is 0 Å². The lowest BCUT2D eigenvalue weighted by atomic mass is 9.95. The van der Waals surface area contributed by atoms with Gasteiger partial charge in [0, 0.05) is 0 Å². The summed E-state index contributed by atoms with van der Waals surface area (Å²) in [4.78, 5) is 21.6. The molecule has 0 atom stereocenters. The molecule has 144 valence electrons. The van der Waals surface area contributed by atoms with E-state index in [9.17, 15) is 9.59 Å². The molecule has 0 heterocycles. The standard InChI is InChI=1S/C16H10.C7H13BrN2O2/c1-3-11-7-9-13-5-2-6-14-10-8-12(4-1)15(11)16(13)14;1-3-7(8,4-2)5(11)10-6(9)12/h1-10H;3-4H2,1-2H3,(H3,9,10,11,12). The lowest BCUT2D eigenvalue weighted by Crippen LogP contribution is -2.46. The Hall–Kier alpha value is -2.66. The first kappa shape index (κ1) is 20.1. The van der Waals surface area contributed by atoms with Gasteiger partial charge in [0.15, 0.2) is 0 Å². The summed E-state index contributed by atoms with van der Waals surface area (Å²) in [5.41, 5.74) is 4.81. The molecule has 0 aliphatic carbocycles. The number of urea groups is 1. The molecular formula is C23H23BrN2O2. The summed E-state index contributed by atoms with van der Waals surface area (Å²) in [6.45, 7) is 3.72. The van der Waals surface area contributed by atoms with Gasteiger partial charge in [-0.1, -0.05) is 90.4 Å². The molecule has 0 spiro atoms. The summed E-state index contributed by atoms with van der Waals surface area (Å²) in [6, 6.07) is 21.0. The van der Waals surface area contributed by atoms with Crippen LogP contribution in [0.1, 0.15) is 26.7 Å². The minimum Gasteiger partial charge on any atom is -0.351 e. The largest absolute Gasteiger partial charge is 0.351 e. The molecule has 4 aromatic carbocycles. The summed E-state index contributed by atoms with van der Waals surface area (Å²) >= 11 is 3.26. The summed E-state index contributed by atoms with van der Waals surface area (Å²) in [5, 5.41) is 10.2. The Kier molecular flexibility index (Phi) is 5.84. The van der Waals surface area contributed by atoms with Crippen LogP contribution in [0.5, 0.6) is 0 Å². The minimum absolute atomic E-state index is 0.375. The minimum atomic E-state index is -0.814. The van der Waals surface area contributed by atoms with Crippen molar-refractivity contribution in [3.05, 3.63) is 60.7 Å². The van der Waals surface area contributed by atoms with Crippen LogP contribution >= 0.6 is 15.9 Å². The number of carbonyl (C=O) groups is 2. The van der Waals surface area contributed by atoms with Gasteiger partial charge >= 0.3 is 6.03 Å². The Morgan fingerprint density at radius 2 is 1.18 bits per heavy atom. The normalized spacial score (nSPS) is 11.4. The number of nitrogens with two attached hydrogens (primary N) is 1. The first-order valence-corrected chi connectivity index (χ1v) is 10.1. The molecule has 0 aliphatic heterocycles. The lowest BCUT2D eigenvalue weighted by molar-refractivity contribution is -0.122. The van der Waals surface area contributed by atoms with E-state index in [4.69, 9.17) is 5.73 Å². The van der Waals surface area contributed by atoms with E-state index < -0.39 is 10.4 Å². The van der Waals surface area contributed by atoms with Crippen LogP contribution in [0, 0.1) is 0 Å². The second-order valence-corrected chi connectivity index (χ2v) is 8.30. The third kappa shape index (κ3) is 3.80. The van der Waals surface area contributed by atoms with Crippen molar-refractivity contribution in [3.8, 4) is 0 Å². The molecule has 0 aliphatic rings. The van der Waals surface area contributed by atoms with Gasteiger partial charge in [-0.25, -0.2) is 4.79 Å². The molecule has 0 saturated carbocycles. The Morgan fingerprint density at radius 3 is 1.46 bits per heavy atom. The molecule has 4 aromatic rings. The number of benzene rings is 4. The zero-order valence-electron chi connectivity index (χ0n) is 16.0. The Labute approximate surface area is 172 Å². The summed E-state index contributed by atoms with van der Waals surface area (Å²) in [6.07, 6.45) is 1.23. The van der Waals surface area contributed by atoms with Gasteiger partial charge in [0.1, 0.15) is 4.32 Å². The fourth-order valence-corrected chi connectivity index (χ4v) is 3.56. The van der Waals surface area contributed by atoms with Crippen LogP contribution in [0.25, 0.3) is 32.3 Å². The fourth-order valence-electron chi connectivity index (χ4n) is 3.46. The number of hydrogen-bond donors (Lipinski definition) is 2. The van der Waals surface area contributed by atoms with Crippen molar-refractivity contribution in [1.82, 2.24) is 5.32 Å². The monoisotopic (exact) mass is 438 g/mol. The van der Waals surface area contributed by atoms with E-state index in [-0.39, 0.29) is 5.91 Å². The summed E-state index contributed by atoms with van der Waals surface area (Å²) < 4.78 is -0.665. The highest BCUT2D eigenvalue weighted by Gasteiger charge is 2.32. The quantitative estimate of drug-likeness (QED) is 0.317. The smallest absolute Gasteiger partial charge is 0.318 e. The average molecular weight is 439 g/mol. The predicted molar refractivity (Wildman–Crippen MR) is 120 cm³/mol. The molecule has 0 aromatic heterocycles. The molecule has 0 saturated heterocycles. The summed E-state index contributed by atoms with van der Waals surface area (Å²) in [7, 11) is 0. The Bertz CT molecular complexity index is 1010. The Morgan fingerprint density at radius 1 is 0.821 bits per heavy atom. The number of carbonyl (C=O) groups excluding carboxylic acids is 2. The van der Waals surface area contributed by atoms with Crippen molar-refractivity contribution in [1.29, 1.82) is 0 Å². The van der Waals surface area contributed by atoms with Crippen LogP contribution in [0.2, 0.25) is 0 Å². The molecular weight excluding hydrogens is 416 g/mol. The predicted octanol–water partition coefficient (Wildman–Crippen LogP) is 5.72. The number of amides is 3. The third-order valence-corrected chi connectivity index (χ3v) is 6.64. The van der Waals surface area contributed by atoms with Crippen LogP contribution in [0.4, 0.5) is 4.79 Å². The second kappa shape index (κ2) is 8.15. The van der Waals surface area contributed by atoms with E-state index in [2.05, 4.69) is 76.6 Å². The highest BCUT2D eigenvalue weighted by Crippen LogP contribution is 2.33. The molecule has 0 radical (unpaired) electrons. The van der Waals surface area contributed by atoms with E-state index in [1.807, 2.05) is 19.2 Å². The lowest BCUT2D eigenvalue weighted by Gasteiger charge is -2.21. The van der Waals surface area contributed by atoms with Crippen LogP contribution in [0.3, 0.4) is 0 Å². The van der Waals surface area contributed by atoms with Crippen molar-refractivity contribution in [2.45, 2.75) is 31.0 Å².